The zero-order valence-corrected chi connectivity index (χ0v) is 14.3. The van der Waals surface area contributed by atoms with Crippen LogP contribution in [0.4, 0.5) is 5.69 Å². The van der Waals surface area contributed by atoms with Crippen molar-refractivity contribution in [1.29, 1.82) is 0 Å². The van der Waals surface area contributed by atoms with Gasteiger partial charge in [-0.3, -0.25) is 9.59 Å². The van der Waals surface area contributed by atoms with Gasteiger partial charge in [0.25, 0.3) is 5.91 Å². The second-order valence-electron chi connectivity index (χ2n) is 5.65. The number of hydrogen-bond donors (Lipinski definition) is 1. The lowest BCUT2D eigenvalue weighted by Gasteiger charge is -2.24. The molecule has 0 spiro atoms. The molecule has 0 bridgehead atoms. The lowest BCUT2D eigenvalue weighted by molar-refractivity contribution is -0.120. The first-order chi connectivity index (χ1) is 11.7. The number of carbonyl (C=O) groups excluding carboxylic acids is 2. The Morgan fingerprint density at radius 2 is 2.12 bits per heavy atom. The van der Waals surface area contributed by atoms with E-state index in [1.165, 1.54) is 11.8 Å². The quantitative estimate of drug-likeness (QED) is 0.875. The molecule has 5 nitrogen and oxygen atoms in total. The highest BCUT2D eigenvalue weighted by Gasteiger charge is 2.31. The summed E-state index contributed by atoms with van der Waals surface area (Å²) < 4.78 is 5.12. The van der Waals surface area contributed by atoms with Gasteiger partial charge in [0.2, 0.25) is 5.91 Å². The lowest BCUT2D eigenvalue weighted by Crippen LogP contribution is -2.48. The van der Waals surface area contributed by atoms with Gasteiger partial charge in [-0.15, -0.1) is 0 Å². The molecule has 0 fully saturated rings. The second-order valence-corrected chi connectivity index (χ2v) is 6.64. The Kier molecular flexibility index (Phi) is 5.25. The smallest absolute Gasteiger partial charge is 0.287 e. The molecule has 24 heavy (non-hydrogen) atoms. The molecular weight excluding hydrogens is 324 g/mol. The Balaban J connectivity index is 1.76. The Bertz CT molecular complexity index is 715. The lowest BCUT2D eigenvalue weighted by atomic mass is 10.1. The van der Waals surface area contributed by atoms with Gasteiger partial charge < -0.3 is 14.6 Å². The van der Waals surface area contributed by atoms with Crippen molar-refractivity contribution in [3.05, 3.63) is 54.0 Å². The van der Waals surface area contributed by atoms with Crippen molar-refractivity contribution in [2.75, 3.05) is 23.5 Å². The van der Waals surface area contributed by atoms with Crippen LogP contribution in [0.25, 0.3) is 0 Å². The maximum absolute atomic E-state index is 13.0. The van der Waals surface area contributed by atoms with Crippen LogP contribution in [0, 0.1) is 0 Å². The summed E-state index contributed by atoms with van der Waals surface area (Å²) in [4.78, 5) is 27.0. The molecule has 1 atom stereocenters. The van der Waals surface area contributed by atoms with E-state index in [0.29, 0.717) is 13.0 Å². The number of amides is 2. The number of carbonyl (C=O) groups is 2. The number of benzene rings is 1. The first-order valence-electron chi connectivity index (χ1n) is 7.93. The molecule has 0 aliphatic carbocycles. The van der Waals surface area contributed by atoms with Gasteiger partial charge in [0.1, 0.15) is 6.04 Å². The van der Waals surface area contributed by atoms with Gasteiger partial charge in [-0.05, 0) is 48.6 Å². The van der Waals surface area contributed by atoms with Gasteiger partial charge in [0.05, 0.1) is 6.26 Å². The Labute approximate surface area is 145 Å². The van der Waals surface area contributed by atoms with Crippen molar-refractivity contribution in [2.45, 2.75) is 18.9 Å². The molecule has 1 aromatic carbocycles. The van der Waals surface area contributed by atoms with Crippen LogP contribution in [0.15, 0.2) is 47.1 Å². The Morgan fingerprint density at radius 3 is 2.88 bits per heavy atom. The van der Waals surface area contributed by atoms with Crippen LogP contribution in [0.5, 0.6) is 0 Å². The largest absolute Gasteiger partial charge is 0.459 e. The third-order valence-corrected chi connectivity index (χ3v) is 4.76. The number of anilines is 1. The van der Waals surface area contributed by atoms with Crippen LogP contribution in [-0.4, -0.2) is 36.4 Å². The standard InChI is InChI=1S/C18H20N2O3S/c1-24-12-9-14(19-17(21)16-7-4-11-23-16)18(22)20-10-8-13-5-2-3-6-15(13)20/h2-7,11,14H,8-10,12H2,1H3,(H,19,21)/t14-/m0/s1. The molecule has 0 radical (unpaired) electrons. The van der Waals surface area contributed by atoms with Crippen LogP contribution < -0.4 is 10.2 Å². The zero-order valence-electron chi connectivity index (χ0n) is 13.5. The number of rotatable bonds is 6. The van der Waals surface area contributed by atoms with E-state index >= 15 is 0 Å². The van der Waals surface area contributed by atoms with Crippen LogP contribution in [0.1, 0.15) is 22.5 Å². The zero-order chi connectivity index (χ0) is 16.9. The van der Waals surface area contributed by atoms with Gasteiger partial charge in [0.15, 0.2) is 5.76 Å². The molecule has 2 amide bonds. The minimum absolute atomic E-state index is 0.0612. The first kappa shape index (κ1) is 16.6. The average Bonchev–Trinajstić information content (AvgIpc) is 3.27. The molecule has 1 aliphatic heterocycles. The van der Waals surface area contributed by atoms with E-state index in [2.05, 4.69) is 5.32 Å². The maximum atomic E-state index is 13.0. The van der Waals surface area contributed by atoms with Gasteiger partial charge in [-0.1, -0.05) is 18.2 Å². The Morgan fingerprint density at radius 1 is 1.29 bits per heavy atom. The SMILES string of the molecule is CSCC[C@H](NC(=O)c1ccco1)C(=O)N1CCc2ccccc21. The fourth-order valence-corrected chi connectivity index (χ4v) is 3.36. The molecule has 2 aromatic rings. The predicted molar refractivity (Wildman–Crippen MR) is 95.5 cm³/mol. The van der Waals surface area contributed by atoms with Crippen molar-refractivity contribution in [2.24, 2.45) is 0 Å². The summed E-state index contributed by atoms with van der Waals surface area (Å²) in [6, 6.07) is 10.6. The van der Waals surface area contributed by atoms with Gasteiger partial charge in [-0.25, -0.2) is 0 Å². The number of furan rings is 1. The molecule has 1 N–H and O–H groups in total. The van der Waals surface area contributed by atoms with Crippen LogP contribution in [-0.2, 0) is 11.2 Å². The third kappa shape index (κ3) is 3.48. The summed E-state index contributed by atoms with van der Waals surface area (Å²) in [5.74, 6) is 0.601. The molecular formula is C18H20N2O3S. The molecule has 6 heteroatoms. The predicted octanol–water partition coefficient (Wildman–Crippen LogP) is 2.72. The highest BCUT2D eigenvalue weighted by molar-refractivity contribution is 7.98. The number of para-hydroxylation sites is 1. The fourth-order valence-electron chi connectivity index (χ4n) is 2.89. The van der Waals surface area contributed by atoms with Crippen molar-refractivity contribution in [1.82, 2.24) is 5.32 Å². The van der Waals surface area contributed by atoms with E-state index in [-0.39, 0.29) is 17.6 Å². The second kappa shape index (κ2) is 7.57. The third-order valence-electron chi connectivity index (χ3n) is 4.11. The average molecular weight is 344 g/mol. The van der Waals surface area contributed by atoms with E-state index in [0.717, 1.165) is 17.9 Å². The van der Waals surface area contributed by atoms with Crippen LogP contribution >= 0.6 is 11.8 Å². The highest BCUT2D eigenvalue weighted by Crippen LogP contribution is 2.28. The summed E-state index contributed by atoms with van der Waals surface area (Å²) in [5, 5.41) is 2.82. The molecule has 0 saturated carbocycles. The monoisotopic (exact) mass is 344 g/mol. The van der Waals surface area contributed by atoms with Crippen molar-refractivity contribution in [3.8, 4) is 0 Å². The number of thioether (sulfide) groups is 1. The van der Waals surface area contributed by atoms with Gasteiger partial charge in [-0.2, -0.15) is 11.8 Å². The summed E-state index contributed by atoms with van der Waals surface area (Å²) >= 11 is 1.65. The van der Waals surface area contributed by atoms with E-state index in [9.17, 15) is 9.59 Å². The maximum Gasteiger partial charge on any atom is 0.287 e. The summed E-state index contributed by atoms with van der Waals surface area (Å²) in [7, 11) is 0. The van der Waals surface area contributed by atoms with Crippen molar-refractivity contribution < 1.29 is 14.0 Å². The molecule has 2 heterocycles. The summed E-state index contributed by atoms with van der Waals surface area (Å²) in [5.41, 5.74) is 2.12. The first-order valence-corrected chi connectivity index (χ1v) is 9.32. The topological polar surface area (TPSA) is 62.6 Å². The van der Waals surface area contributed by atoms with Gasteiger partial charge >= 0.3 is 0 Å². The summed E-state index contributed by atoms with van der Waals surface area (Å²) in [6.07, 6.45) is 4.87. The molecule has 0 unspecified atom stereocenters. The van der Waals surface area contributed by atoms with E-state index in [1.807, 2.05) is 30.5 Å². The molecule has 0 saturated heterocycles. The number of hydrogen-bond acceptors (Lipinski definition) is 4. The van der Waals surface area contributed by atoms with Crippen molar-refractivity contribution in [3.63, 3.8) is 0 Å². The summed E-state index contributed by atoms with van der Waals surface area (Å²) in [6.45, 7) is 0.657. The normalized spacial score (nSPS) is 14.3. The molecule has 1 aliphatic rings. The van der Waals surface area contributed by atoms with E-state index in [1.54, 1.807) is 28.8 Å². The minimum Gasteiger partial charge on any atom is -0.459 e. The van der Waals surface area contributed by atoms with Gasteiger partial charge in [0, 0.05) is 12.2 Å². The van der Waals surface area contributed by atoms with Crippen LogP contribution in [0.3, 0.4) is 0 Å². The highest BCUT2D eigenvalue weighted by atomic mass is 32.2. The Hall–Kier alpha value is -2.21. The van der Waals surface area contributed by atoms with Crippen LogP contribution in [0.2, 0.25) is 0 Å². The number of nitrogens with zero attached hydrogens (tertiary/aromatic N) is 1. The van der Waals surface area contributed by atoms with E-state index < -0.39 is 6.04 Å². The molecule has 1 aromatic heterocycles. The van der Waals surface area contributed by atoms with E-state index in [4.69, 9.17) is 4.42 Å². The molecule has 3 rings (SSSR count). The molecule has 126 valence electrons. The minimum atomic E-state index is -0.554. The number of nitrogens with one attached hydrogen (secondary N) is 1. The number of fused-ring (bicyclic) bond motifs is 1. The fraction of sp³-hybridized carbons (Fsp3) is 0.333. The van der Waals surface area contributed by atoms with Crippen molar-refractivity contribution >= 4 is 29.3 Å².